The number of morpholine rings is 1. The Hall–Kier alpha value is -1.66. The number of fused-ring (bicyclic) bond motifs is 1. The van der Waals surface area contributed by atoms with Crippen molar-refractivity contribution in [2.75, 3.05) is 37.7 Å². The maximum Gasteiger partial charge on any atom is 0.252 e. The van der Waals surface area contributed by atoms with Gasteiger partial charge >= 0.3 is 0 Å². The van der Waals surface area contributed by atoms with E-state index in [1.807, 2.05) is 0 Å². The summed E-state index contributed by atoms with van der Waals surface area (Å²) in [6.07, 6.45) is 4.06. The van der Waals surface area contributed by atoms with Gasteiger partial charge in [0.25, 0.3) is 5.91 Å². The zero-order chi connectivity index (χ0) is 15.5. The van der Waals surface area contributed by atoms with Crippen molar-refractivity contribution in [3.05, 3.63) is 23.9 Å². The van der Waals surface area contributed by atoms with Crippen LogP contribution in [0.4, 0.5) is 5.82 Å². The first-order valence-corrected chi connectivity index (χ1v) is 8.04. The summed E-state index contributed by atoms with van der Waals surface area (Å²) in [6.45, 7) is 6.47. The molecule has 0 aromatic carbocycles. The van der Waals surface area contributed by atoms with Gasteiger partial charge in [0.1, 0.15) is 5.82 Å². The molecule has 3 rings (SSSR count). The van der Waals surface area contributed by atoms with E-state index in [1.165, 1.54) is 12.8 Å². The molecule has 1 aromatic rings. The minimum Gasteiger partial charge on any atom is -0.378 e. The summed E-state index contributed by atoms with van der Waals surface area (Å²) in [6, 6.07) is 4.38. The Morgan fingerprint density at radius 3 is 3.09 bits per heavy atom. The summed E-state index contributed by atoms with van der Waals surface area (Å²) in [7, 11) is 0. The Labute approximate surface area is 131 Å². The molecule has 0 spiro atoms. The molecular formula is C16H24N4O2. The van der Waals surface area contributed by atoms with Crippen molar-refractivity contribution in [1.82, 2.24) is 9.88 Å². The number of rotatable bonds is 4. The van der Waals surface area contributed by atoms with Crippen LogP contribution in [0.2, 0.25) is 0 Å². The molecular weight excluding hydrogens is 280 g/mol. The van der Waals surface area contributed by atoms with Gasteiger partial charge < -0.3 is 15.4 Å². The quantitative estimate of drug-likeness (QED) is 0.893. The summed E-state index contributed by atoms with van der Waals surface area (Å²) in [4.78, 5) is 20.7. The van der Waals surface area contributed by atoms with Crippen molar-refractivity contribution >= 4 is 11.7 Å². The van der Waals surface area contributed by atoms with Crippen molar-refractivity contribution in [1.29, 1.82) is 0 Å². The Bertz CT molecular complexity index is 535. The van der Waals surface area contributed by atoms with E-state index in [0.717, 1.165) is 32.8 Å². The molecule has 3 heterocycles. The third-order valence-electron chi connectivity index (χ3n) is 4.59. The smallest absolute Gasteiger partial charge is 0.252 e. The van der Waals surface area contributed by atoms with E-state index in [1.54, 1.807) is 18.3 Å². The zero-order valence-electron chi connectivity index (χ0n) is 13.1. The first-order valence-electron chi connectivity index (χ1n) is 8.04. The highest BCUT2D eigenvalue weighted by Crippen LogP contribution is 2.25. The van der Waals surface area contributed by atoms with E-state index in [-0.39, 0.29) is 0 Å². The highest BCUT2D eigenvalue weighted by Gasteiger charge is 2.36. The molecule has 0 radical (unpaired) electrons. The lowest BCUT2D eigenvalue weighted by atomic mass is 10.0. The van der Waals surface area contributed by atoms with Crippen LogP contribution in [0.1, 0.15) is 30.1 Å². The second-order valence-corrected chi connectivity index (χ2v) is 6.06. The fourth-order valence-electron chi connectivity index (χ4n) is 3.55. The molecule has 120 valence electrons. The lowest BCUT2D eigenvalue weighted by Gasteiger charge is -2.48. The summed E-state index contributed by atoms with van der Waals surface area (Å²) in [5.41, 5.74) is 5.97. The standard InChI is InChI=1S/C16H24N4O2/c1-2-4-12-10-22-11-13-9-19(7-8-20(12)13)16-14(15(17)21)5-3-6-18-16/h3,5-6,12-13H,2,4,7-11H2,1H3,(H2,17,21)/t12-,13+/m0/s1. The van der Waals surface area contributed by atoms with Crippen molar-refractivity contribution in [3.8, 4) is 0 Å². The second-order valence-electron chi connectivity index (χ2n) is 6.06. The van der Waals surface area contributed by atoms with E-state index < -0.39 is 5.91 Å². The monoisotopic (exact) mass is 304 g/mol. The molecule has 0 saturated carbocycles. The Kier molecular flexibility index (Phi) is 4.59. The number of hydrogen-bond acceptors (Lipinski definition) is 5. The molecule has 22 heavy (non-hydrogen) atoms. The Morgan fingerprint density at radius 2 is 2.32 bits per heavy atom. The van der Waals surface area contributed by atoms with Gasteiger partial charge in [-0.2, -0.15) is 0 Å². The maximum atomic E-state index is 11.6. The molecule has 2 aliphatic heterocycles. The third-order valence-corrected chi connectivity index (χ3v) is 4.59. The molecule has 6 heteroatoms. The fourth-order valence-corrected chi connectivity index (χ4v) is 3.55. The fraction of sp³-hybridized carbons (Fsp3) is 0.625. The number of nitrogens with two attached hydrogens (primary N) is 1. The molecule has 1 aromatic heterocycles. The van der Waals surface area contributed by atoms with Crippen LogP contribution in [0.25, 0.3) is 0 Å². The normalized spacial score (nSPS) is 25.8. The van der Waals surface area contributed by atoms with E-state index >= 15 is 0 Å². The lowest BCUT2D eigenvalue weighted by molar-refractivity contribution is -0.0558. The number of aromatic nitrogens is 1. The predicted molar refractivity (Wildman–Crippen MR) is 85.0 cm³/mol. The van der Waals surface area contributed by atoms with E-state index in [4.69, 9.17) is 10.5 Å². The van der Waals surface area contributed by atoms with Crippen LogP contribution < -0.4 is 10.6 Å². The number of piperazine rings is 1. The second kappa shape index (κ2) is 6.62. The van der Waals surface area contributed by atoms with Gasteiger partial charge in [-0.05, 0) is 18.6 Å². The van der Waals surface area contributed by atoms with E-state index in [2.05, 4.69) is 21.7 Å². The summed E-state index contributed by atoms with van der Waals surface area (Å²) >= 11 is 0. The van der Waals surface area contributed by atoms with Gasteiger partial charge in [0.05, 0.1) is 24.8 Å². The van der Waals surface area contributed by atoms with Gasteiger partial charge in [-0.3, -0.25) is 9.69 Å². The molecule has 2 N–H and O–H groups in total. The average molecular weight is 304 g/mol. The number of amides is 1. The molecule has 1 amide bonds. The van der Waals surface area contributed by atoms with Crippen molar-refractivity contribution in [3.63, 3.8) is 0 Å². The number of ether oxygens (including phenoxy) is 1. The lowest BCUT2D eigenvalue weighted by Crippen LogP contribution is -2.62. The number of carbonyl (C=O) groups is 1. The summed E-state index contributed by atoms with van der Waals surface area (Å²) < 4.78 is 5.79. The molecule has 2 fully saturated rings. The highest BCUT2D eigenvalue weighted by atomic mass is 16.5. The van der Waals surface area contributed by atoms with Crippen LogP contribution in [0.3, 0.4) is 0 Å². The largest absolute Gasteiger partial charge is 0.378 e. The van der Waals surface area contributed by atoms with Crippen molar-refractivity contribution in [2.24, 2.45) is 5.73 Å². The first-order chi connectivity index (χ1) is 10.7. The van der Waals surface area contributed by atoms with Crippen LogP contribution >= 0.6 is 0 Å². The molecule has 2 saturated heterocycles. The number of anilines is 1. The van der Waals surface area contributed by atoms with Crippen molar-refractivity contribution < 1.29 is 9.53 Å². The average Bonchev–Trinajstić information content (AvgIpc) is 2.55. The van der Waals surface area contributed by atoms with Crippen LogP contribution in [-0.2, 0) is 4.74 Å². The van der Waals surface area contributed by atoms with Crippen LogP contribution in [-0.4, -0.2) is 60.7 Å². The molecule has 6 nitrogen and oxygen atoms in total. The van der Waals surface area contributed by atoms with E-state index in [9.17, 15) is 4.79 Å². The maximum absolute atomic E-state index is 11.6. The number of carbonyl (C=O) groups excluding carboxylic acids is 1. The Balaban J connectivity index is 1.76. The predicted octanol–water partition coefficient (Wildman–Crippen LogP) is 0.870. The third kappa shape index (κ3) is 2.94. The summed E-state index contributed by atoms with van der Waals surface area (Å²) in [5, 5.41) is 0. The highest BCUT2D eigenvalue weighted by molar-refractivity contribution is 5.97. The number of nitrogens with zero attached hydrogens (tertiary/aromatic N) is 3. The van der Waals surface area contributed by atoms with Crippen LogP contribution in [0.5, 0.6) is 0 Å². The Morgan fingerprint density at radius 1 is 1.45 bits per heavy atom. The molecule has 0 aliphatic carbocycles. The topological polar surface area (TPSA) is 71.7 Å². The number of primary amides is 1. The number of hydrogen-bond donors (Lipinski definition) is 1. The van der Waals surface area contributed by atoms with Gasteiger partial charge in [-0.15, -0.1) is 0 Å². The molecule has 0 unspecified atom stereocenters. The first kappa shape index (κ1) is 15.2. The van der Waals surface area contributed by atoms with Gasteiger partial charge in [0.2, 0.25) is 0 Å². The van der Waals surface area contributed by atoms with Gasteiger partial charge in [-0.1, -0.05) is 13.3 Å². The molecule has 0 bridgehead atoms. The summed E-state index contributed by atoms with van der Waals surface area (Å²) in [5.74, 6) is 0.279. The SMILES string of the molecule is CCC[C@H]1COC[C@H]2CN(c3ncccc3C(N)=O)CCN12. The minimum atomic E-state index is -0.422. The van der Waals surface area contributed by atoms with Crippen molar-refractivity contribution in [2.45, 2.75) is 31.8 Å². The molecule has 2 atom stereocenters. The zero-order valence-corrected chi connectivity index (χ0v) is 13.1. The minimum absolute atomic E-state index is 0.363. The van der Waals surface area contributed by atoms with Gasteiger partial charge in [0, 0.05) is 31.9 Å². The van der Waals surface area contributed by atoms with Gasteiger partial charge in [-0.25, -0.2) is 4.98 Å². The van der Waals surface area contributed by atoms with Crippen LogP contribution in [0, 0.1) is 0 Å². The number of pyridine rings is 1. The van der Waals surface area contributed by atoms with Crippen LogP contribution in [0.15, 0.2) is 18.3 Å². The van der Waals surface area contributed by atoms with Gasteiger partial charge in [0.15, 0.2) is 0 Å². The van der Waals surface area contributed by atoms with E-state index in [0.29, 0.717) is 23.5 Å². The molecule has 2 aliphatic rings.